The summed E-state index contributed by atoms with van der Waals surface area (Å²) in [5, 5.41) is 32.5. The Morgan fingerprint density at radius 3 is 1.37 bits per heavy atom. The minimum atomic E-state index is -1.23. The number of nitrogens with two attached hydrogens (primary N) is 1. The predicted molar refractivity (Wildman–Crippen MR) is 306 cm³/mol. The van der Waals surface area contributed by atoms with Crippen LogP contribution in [0.1, 0.15) is 128 Å². The van der Waals surface area contributed by atoms with E-state index in [2.05, 4.69) is 43.7 Å². The second-order valence-electron chi connectivity index (χ2n) is 23.4. The normalized spacial score (nSPS) is 16.8. The molecule has 0 spiro atoms. The van der Waals surface area contributed by atoms with Gasteiger partial charge < -0.3 is 49.7 Å². The largest absolute Gasteiger partial charge is 0.478 e. The van der Waals surface area contributed by atoms with Gasteiger partial charge in [-0.3, -0.25) is 25.0 Å². The van der Waals surface area contributed by atoms with Gasteiger partial charge in [-0.1, -0.05) is 18.2 Å². The first-order valence-electron chi connectivity index (χ1n) is 27.7. The maximum absolute atomic E-state index is 12.9. The number of aromatic carboxylic acids is 1. The monoisotopic (exact) mass is 1120 g/mol. The Labute approximate surface area is 474 Å². The number of piperazine rings is 2. The molecule has 0 aliphatic carbocycles. The van der Waals surface area contributed by atoms with Crippen LogP contribution in [0.2, 0.25) is 0 Å². The number of amides is 2. The second kappa shape index (κ2) is 27.8. The van der Waals surface area contributed by atoms with E-state index in [0.717, 1.165) is 48.9 Å². The summed E-state index contributed by atoms with van der Waals surface area (Å²) in [5.41, 5.74) is 6.94. The zero-order valence-corrected chi connectivity index (χ0v) is 48.7. The SMILES string of the molecule is CN1CCC(N)CC1.Cc1cnc(Cc2ccc(C(=O)CC3CCN(C)CC3)cc2[N+](=O)[O-])nc1N1CCN(C(=O)OC(C)(C)C)CC1.Cc1cnc(Cc2ccc(C(=O)O)cc2[N+](=O)[O-])nc1N1CCN(C(=O)OC(C)(C)C)CC1. The van der Waals surface area contributed by atoms with E-state index >= 15 is 0 Å². The van der Waals surface area contributed by atoms with Crippen LogP contribution in [0.5, 0.6) is 0 Å². The van der Waals surface area contributed by atoms with Gasteiger partial charge in [0, 0.05) is 130 Å². The summed E-state index contributed by atoms with van der Waals surface area (Å²) in [5.74, 6) is 1.33. The molecule has 0 bridgehead atoms. The number of aromatic nitrogens is 4. The van der Waals surface area contributed by atoms with E-state index in [1.165, 1.54) is 44.1 Å². The van der Waals surface area contributed by atoms with Gasteiger partial charge in [-0.25, -0.2) is 34.3 Å². The number of ether oxygens (including phenoxy) is 2. The van der Waals surface area contributed by atoms with E-state index in [9.17, 15) is 39.4 Å². The number of hydrogen-bond acceptors (Lipinski definition) is 19. The van der Waals surface area contributed by atoms with Crippen LogP contribution in [0.4, 0.5) is 32.6 Å². The molecule has 0 atom stereocenters. The van der Waals surface area contributed by atoms with Crippen LogP contribution in [0.3, 0.4) is 0 Å². The van der Waals surface area contributed by atoms with E-state index in [4.69, 9.17) is 25.3 Å². The van der Waals surface area contributed by atoms with Crippen molar-refractivity contribution in [1.29, 1.82) is 0 Å². The number of hydrogen-bond donors (Lipinski definition) is 2. The number of likely N-dealkylation sites (tertiary alicyclic amines) is 2. The molecule has 0 unspecified atom stereocenters. The molecule has 4 saturated heterocycles. The fourth-order valence-corrected chi connectivity index (χ4v) is 9.69. The van der Waals surface area contributed by atoms with Gasteiger partial charge in [0.25, 0.3) is 11.4 Å². The summed E-state index contributed by atoms with van der Waals surface area (Å²) in [6.45, 7) is 23.4. The fraction of sp³-hybridized carbons (Fsp3) is 0.579. The first-order valence-corrected chi connectivity index (χ1v) is 27.7. The highest BCUT2D eigenvalue weighted by Crippen LogP contribution is 2.29. The molecule has 0 radical (unpaired) electrons. The van der Waals surface area contributed by atoms with Gasteiger partial charge in [0.15, 0.2) is 5.78 Å². The van der Waals surface area contributed by atoms with Crippen molar-refractivity contribution < 1.29 is 43.6 Å². The summed E-state index contributed by atoms with van der Waals surface area (Å²) in [7, 11) is 4.22. The molecule has 2 amide bonds. The van der Waals surface area contributed by atoms with Crippen molar-refractivity contribution in [2.75, 3.05) is 102 Å². The molecule has 4 aromatic rings. The summed E-state index contributed by atoms with van der Waals surface area (Å²) in [4.78, 5) is 101. The van der Waals surface area contributed by atoms with Gasteiger partial charge >= 0.3 is 18.2 Å². The van der Waals surface area contributed by atoms with Gasteiger partial charge in [-0.2, -0.15) is 0 Å². The molecule has 3 N–H and O–H groups in total. The smallest absolute Gasteiger partial charge is 0.410 e. The van der Waals surface area contributed by atoms with E-state index in [1.54, 1.807) is 34.3 Å². The van der Waals surface area contributed by atoms with Crippen molar-refractivity contribution in [3.05, 3.63) is 114 Å². The van der Waals surface area contributed by atoms with Crippen molar-refractivity contribution in [1.82, 2.24) is 39.5 Å². The summed E-state index contributed by atoms with van der Waals surface area (Å²) >= 11 is 0. The molecule has 4 fully saturated rings. The van der Waals surface area contributed by atoms with Crippen LogP contribution < -0.4 is 15.5 Å². The van der Waals surface area contributed by atoms with Crippen molar-refractivity contribution in [2.24, 2.45) is 11.7 Å². The summed E-state index contributed by atoms with van der Waals surface area (Å²) in [6, 6.07) is 9.01. The highest BCUT2D eigenvalue weighted by Gasteiger charge is 2.30. The predicted octanol–water partition coefficient (Wildman–Crippen LogP) is 7.33. The number of ketones is 1. The zero-order valence-electron chi connectivity index (χ0n) is 48.7. The number of carboxylic acid groups (broad SMARTS) is 1. The number of nitrogens with zero attached hydrogens (tertiary/aromatic N) is 12. The molecule has 4 aliphatic rings. The number of nitro groups is 2. The molecule has 0 saturated carbocycles. The zero-order chi connectivity index (χ0) is 59.3. The second-order valence-corrected chi connectivity index (χ2v) is 23.4. The highest BCUT2D eigenvalue weighted by molar-refractivity contribution is 5.97. The lowest BCUT2D eigenvalue weighted by molar-refractivity contribution is -0.385. The molecule has 2 aromatic carbocycles. The van der Waals surface area contributed by atoms with Crippen molar-refractivity contribution in [2.45, 2.75) is 118 Å². The third kappa shape index (κ3) is 18.8. The molecule has 6 heterocycles. The minimum Gasteiger partial charge on any atom is -0.478 e. The molecular formula is C57H81N13O11. The molecule has 81 heavy (non-hydrogen) atoms. The number of carboxylic acids is 1. The van der Waals surface area contributed by atoms with Gasteiger partial charge in [-0.05, 0) is 133 Å². The molecular weight excluding hydrogens is 1040 g/mol. The third-order valence-electron chi connectivity index (χ3n) is 14.4. The number of anilines is 2. The number of carbonyl (C=O) groups excluding carboxylic acids is 3. The van der Waals surface area contributed by atoms with E-state index in [0.29, 0.717) is 105 Å². The number of nitro benzene ring substituents is 2. The Bertz CT molecular complexity index is 2850. The fourth-order valence-electron chi connectivity index (χ4n) is 9.69. The minimum absolute atomic E-state index is 0.0522. The van der Waals surface area contributed by atoms with Gasteiger partial charge in [0.1, 0.15) is 34.5 Å². The van der Waals surface area contributed by atoms with E-state index < -0.39 is 27.0 Å². The van der Waals surface area contributed by atoms with Gasteiger partial charge in [0.2, 0.25) is 0 Å². The molecule has 2 aromatic heterocycles. The third-order valence-corrected chi connectivity index (χ3v) is 14.4. The van der Waals surface area contributed by atoms with Crippen LogP contribution in [-0.4, -0.2) is 188 Å². The van der Waals surface area contributed by atoms with Crippen molar-refractivity contribution in [3.8, 4) is 0 Å². The average molecular weight is 1120 g/mol. The maximum Gasteiger partial charge on any atom is 0.410 e. The Morgan fingerprint density at radius 1 is 0.617 bits per heavy atom. The highest BCUT2D eigenvalue weighted by atomic mass is 16.6. The Hall–Kier alpha value is -7.44. The van der Waals surface area contributed by atoms with Crippen LogP contribution in [-0.2, 0) is 22.3 Å². The molecule has 4 aliphatic heterocycles. The lowest BCUT2D eigenvalue weighted by Gasteiger charge is -2.36. The Morgan fingerprint density at radius 2 is 1.00 bits per heavy atom. The first kappa shape index (κ1) is 62.8. The number of aryl methyl sites for hydroxylation is 2. The van der Waals surface area contributed by atoms with Gasteiger partial charge in [0.05, 0.1) is 15.4 Å². The molecule has 24 nitrogen and oxygen atoms in total. The molecule has 8 rings (SSSR count). The van der Waals surface area contributed by atoms with Crippen LogP contribution in [0.15, 0.2) is 48.8 Å². The number of rotatable bonds is 12. The molecule has 440 valence electrons. The van der Waals surface area contributed by atoms with Crippen LogP contribution in [0.25, 0.3) is 0 Å². The van der Waals surface area contributed by atoms with Gasteiger partial charge in [-0.15, -0.1) is 0 Å². The number of benzene rings is 2. The Balaban J connectivity index is 0.000000232. The maximum atomic E-state index is 12.9. The standard InChI is InChI=1S/C29H40N6O5.C22H27N5O6.C6H14N2/c1-20-19-30-26(31-27(20)33-12-14-34(15-13-33)28(37)40-29(2,3)4)18-22-6-7-23(17-24(22)35(38)39)25(36)16-21-8-10-32(5)11-9-21;1-14-13-23-18(12-15-5-6-16(20(28)29)11-17(15)27(31)32)24-19(14)25-7-9-26(10-8-25)21(30)33-22(2,3)4;1-8-4-2-6(7)3-5-8/h6-7,17,19,21H,8-16,18H2,1-5H3;5-6,11,13H,7-10,12H2,1-4H3,(H,28,29);6H,2-5,7H2,1H3. The van der Waals surface area contributed by atoms with Crippen LogP contribution >= 0.6 is 0 Å². The lowest BCUT2D eigenvalue weighted by atomic mass is 9.89. The van der Waals surface area contributed by atoms with E-state index in [-0.39, 0.29) is 47.7 Å². The number of Topliss-reactive ketones (excluding diaryl/α,β-unsaturated/α-hetero) is 1. The Kier molecular flexibility index (Phi) is 21.6. The van der Waals surface area contributed by atoms with E-state index in [1.807, 2.05) is 60.3 Å². The van der Waals surface area contributed by atoms with Crippen LogP contribution in [0, 0.1) is 40.0 Å². The quantitative estimate of drug-likeness (QED) is 0.0797. The average Bonchev–Trinajstić information content (AvgIpc) is 3.59. The van der Waals surface area contributed by atoms with Crippen molar-refractivity contribution in [3.63, 3.8) is 0 Å². The summed E-state index contributed by atoms with van der Waals surface area (Å²) in [6.07, 6.45) is 7.66. The summed E-state index contributed by atoms with van der Waals surface area (Å²) < 4.78 is 10.9. The van der Waals surface area contributed by atoms with Crippen molar-refractivity contribution >= 4 is 46.9 Å². The number of carbonyl (C=O) groups is 4. The lowest BCUT2D eigenvalue weighted by Crippen LogP contribution is -2.50. The number of piperidine rings is 2. The topological polar surface area (TPSA) is 290 Å². The first-order chi connectivity index (χ1) is 38.1. The molecule has 24 heteroatoms.